The molecule has 7 heteroatoms. The summed E-state index contributed by atoms with van der Waals surface area (Å²) in [6.45, 7) is 9.72. The summed E-state index contributed by atoms with van der Waals surface area (Å²) < 4.78 is 5.14. The Kier molecular flexibility index (Phi) is 8.19. The number of carbonyl (C=O) groups excluding carboxylic acids is 3. The van der Waals surface area contributed by atoms with Crippen LogP contribution in [0, 0.1) is 13.8 Å². The molecular weight excluding hydrogens is 394 g/mol. The Bertz CT molecular complexity index is 948. The zero-order valence-electron chi connectivity index (χ0n) is 18.8. The van der Waals surface area contributed by atoms with Crippen molar-refractivity contribution in [2.75, 3.05) is 11.9 Å². The molecule has 0 aliphatic carbocycles. The quantitative estimate of drug-likeness (QED) is 0.623. The first-order valence-electron chi connectivity index (χ1n) is 10.3. The van der Waals surface area contributed by atoms with Crippen LogP contribution in [0.2, 0.25) is 0 Å². The van der Waals surface area contributed by atoms with Crippen LogP contribution in [0.3, 0.4) is 0 Å². The molecule has 0 unspecified atom stereocenters. The normalized spacial score (nSPS) is 10.9. The molecule has 2 aromatic carbocycles. The summed E-state index contributed by atoms with van der Waals surface area (Å²) in [5.74, 6) is -0.421. The van der Waals surface area contributed by atoms with Gasteiger partial charge < -0.3 is 20.7 Å². The van der Waals surface area contributed by atoms with Crippen molar-refractivity contribution in [2.45, 2.75) is 53.2 Å². The summed E-state index contributed by atoms with van der Waals surface area (Å²) in [7, 11) is 0. The number of aryl methyl sites for hydroxylation is 2. The van der Waals surface area contributed by atoms with Gasteiger partial charge in [-0.25, -0.2) is 4.79 Å². The number of hydrogen-bond acceptors (Lipinski definition) is 4. The van der Waals surface area contributed by atoms with E-state index in [-0.39, 0.29) is 31.3 Å². The molecule has 0 fully saturated rings. The Labute approximate surface area is 183 Å². The fraction of sp³-hybridized carbons (Fsp3) is 0.375. The van der Waals surface area contributed by atoms with E-state index < -0.39 is 11.7 Å². The highest BCUT2D eigenvalue weighted by Crippen LogP contribution is 2.16. The Hall–Kier alpha value is -3.35. The Morgan fingerprint density at radius 1 is 0.935 bits per heavy atom. The van der Waals surface area contributed by atoms with Crippen molar-refractivity contribution in [2.24, 2.45) is 0 Å². The van der Waals surface area contributed by atoms with E-state index in [0.29, 0.717) is 11.3 Å². The molecule has 7 nitrogen and oxygen atoms in total. The Morgan fingerprint density at radius 2 is 1.65 bits per heavy atom. The number of para-hydroxylation sites is 1. The SMILES string of the molecule is Cc1ccc(C(=O)NCc2ccccc2NC(=O)CCNC(=O)OC(C)(C)C)cc1C. The zero-order chi connectivity index (χ0) is 23.0. The third-order valence-corrected chi connectivity index (χ3v) is 4.52. The highest BCUT2D eigenvalue weighted by atomic mass is 16.6. The predicted octanol–water partition coefficient (Wildman–Crippen LogP) is 4.09. The number of hydrogen-bond donors (Lipinski definition) is 3. The van der Waals surface area contributed by atoms with Crippen molar-refractivity contribution in [1.82, 2.24) is 10.6 Å². The maximum Gasteiger partial charge on any atom is 0.407 e. The maximum atomic E-state index is 12.5. The van der Waals surface area contributed by atoms with Crippen molar-refractivity contribution in [3.05, 3.63) is 64.7 Å². The molecule has 0 heterocycles. The number of amides is 3. The van der Waals surface area contributed by atoms with E-state index in [9.17, 15) is 14.4 Å². The molecule has 0 aromatic heterocycles. The van der Waals surface area contributed by atoms with E-state index in [4.69, 9.17) is 4.74 Å². The van der Waals surface area contributed by atoms with Crippen LogP contribution >= 0.6 is 0 Å². The van der Waals surface area contributed by atoms with Gasteiger partial charge in [0.2, 0.25) is 5.91 Å². The van der Waals surface area contributed by atoms with Crippen molar-refractivity contribution in [1.29, 1.82) is 0 Å². The molecule has 3 N–H and O–H groups in total. The van der Waals surface area contributed by atoms with Crippen LogP contribution in [0.4, 0.5) is 10.5 Å². The van der Waals surface area contributed by atoms with Gasteiger partial charge in [-0.05, 0) is 69.5 Å². The lowest BCUT2D eigenvalue weighted by molar-refractivity contribution is -0.116. The largest absolute Gasteiger partial charge is 0.444 e. The van der Waals surface area contributed by atoms with Gasteiger partial charge in [0.1, 0.15) is 5.60 Å². The Morgan fingerprint density at radius 3 is 2.32 bits per heavy atom. The highest BCUT2D eigenvalue weighted by molar-refractivity contribution is 5.95. The molecule has 0 bridgehead atoms. The van der Waals surface area contributed by atoms with E-state index in [0.717, 1.165) is 16.7 Å². The molecule has 166 valence electrons. The zero-order valence-corrected chi connectivity index (χ0v) is 18.8. The first-order valence-corrected chi connectivity index (χ1v) is 10.3. The fourth-order valence-corrected chi connectivity index (χ4v) is 2.76. The van der Waals surface area contributed by atoms with Crippen molar-refractivity contribution < 1.29 is 19.1 Å². The summed E-state index contributed by atoms with van der Waals surface area (Å²) >= 11 is 0. The van der Waals surface area contributed by atoms with E-state index in [1.165, 1.54) is 0 Å². The summed E-state index contributed by atoms with van der Waals surface area (Å²) in [4.78, 5) is 36.4. The van der Waals surface area contributed by atoms with E-state index in [1.54, 1.807) is 32.9 Å². The summed E-state index contributed by atoms with van der Waals surface area (Å²) in [5, 5.41) is 8.28. The van der Waals surface area contributed by atoms with Crippen molar-refractivity contribution in [3.63, 3.8) is 0 Å². The first kappa shape index (κ1) is 23.9. The van der Waals surface area contributed by atoms with Crippen LogP contribution < -0.4 is 16.0 Å². The molecule has 3 amide bonds. The van der Waals surface area contributed by atoms with Crippen LogP contribution in [0.1, 0.15) is 54.2 Å². The number of ether oxygens (including phenoxy) is 1. The van der Waals surface area contributed by atoms with Crippen LogP contribution in [0.15, 0.2) is 42.5 Å². The number of nitrogens with one attached hydrogen (secondary N) is 3. The molecular formula is C24H31N3O4. The molecule has 0 aliphatic rings. The fourth-order valence-electron chi connectivity index (χ4n) is 2.76. The molecule has 0 radical (unpaired) electrons. The summed E-state index contributed by atoms with van der Waals surface area (Å²) in [6, 6.07) is 12.8. The standard InChI is InChI=1S/C24H31N3O4/c1-16-10-11-18(14-17(16)2)22(29)26-15-19-8-6-7-9-20(19)27-21(28)12-13-25-23(30)31-24(3,4)5/h6-11,14H,12-13,15H2,1-5H3,(H,25,30)(H,26,29)(H,27,28). The van der Waals surface area contributed by atoms with Crippen LogP contribution in [-0.2, 0) is 16.1 Å². The van der Waals surface area contributed by atoms with Gasteiger partial charge in [0.25, 0.3) is 5.91 Å². The number of alkyl carbamates (subject to hydrolysis) is 1. The van der Waals surface area contributed by atoms with Crippen LogP contribution in [0.25, 0.3) is 0 Å². The average molecular weight is 426 g/mol. The Balaban J connectivity index is 1.88. The average Bonchev–Trinajstić information content (AvgIpc) is 2.67. The molecule has 0 atom stereocenters. The summed E-state index contributed by atoms with van der Waals surface area (Å²) in [5.41, 5.74) is 3.59. The van der Waals surface area contributed by atoms with E-state index in [1.807, 2.05) is 44.2 Å². The van der Waals surface area contributed by atoms with Crippen molar-refractivity contribution in [3.8, 4) is 0 Å². The lowest BCUT2D eigenvalue weighted by atomic mass is 10.1. The van der Waals surface area contributed by atoms with Crippen molar-refractivity contribution >= 4 is 23.6 Å². The minimum absolute atomic E-state index is 0.0998. The third kappa shape index (κ3) is 8.12. The smallest absolute Gasteiger partial charge is 0.407 e. The molecule has 2 rings (SSSR count). The molecule has 0 aliphatic heterocycles. The van der Waals surface area contributed by atoms with Gasteiger partial charge >= 0.3 is 6.09 Å². The second-order valence-corrected chi connectivity index (χ2v) is 8.37. The second kappa shape index (κ2) is 10.6. The summed E-state index contributed by atoms with van der Waals surface area (Å²) in [6.07, 6.45) is -0.461. The van der Waals surface area contributed by atoms with Gasteiger partial charge in [-0.15, -0.1) is 0 Å². The lowest BCUT2D eigenvalue weighted by Crippen LogP contribution is -2.34. The van der Waals surface area contributed by atoms with Crippen LogP contribution in [-0.4, -0.2) is 30.1 Å². The van der Waals surface area contributed by atoms with E-state index >= 15 is 0 Å². The van der Waals surface area contributed by atoms with E-state index in [2.05, 4.69) is 16.0 Å². The number of carbonyl (C=O) groups is 3. The molecule has 0 saturated carbocycles. The van der Waals surface area contributed by atoms with Gasteiger partial charge in [0.15, 0.2) is 0 Å². The topological polar surface area (TPSA) is 96.5 Å². The predicted molar refractivity (Wildman–Crippen MR) is 121 cm³/mol. The van der Waals surface area contributed by atoms with Gasteiger partial charge in [-0.2, -0.15) is 0 Å². The van der Waals surface area contributed by atoms with Gasteiger partial charge in [-0.3, -0.25) is 9.59 Å². The number of rotatable bonds is 7. The van der Waals surface area contributed by atoms with Gasteiger partial charge in [0.05, 0.1) is 0 Å². The third-order valence-electron chi connectivity index (χ3n) is 4.52. The molecule has 0 spiro atoms. The minimum Gasteiger partial charge on any atom is -0.444 e. The minimum atomic E-state index is -0.590. The molecule has 0 saturated heterocycles. The molecule has 2 aromatic rings. The van der Waals surface area contributed by atoms with Crippen LogP contribution in [0.5, 0.6) is 0 Å². The lowest BCUT2D eigenvalue weighted by Gasteiger charge is -2.19. The second-order valence-electron chi connectivity index (χ2n) is 8.37. The number of anilines is 1. The monoisotopic (exact) mass is 425 g/mol. The highest BCUT2D eigenvalue weighted by Gasteiger charge is 2.16. The maximum absolute atomic E-state index is 12.5. The van der Waals surface area contributed by atoms with Gasteiger partial charge in [0, 0.05) is 30.8 Å². The number of benzene rings is 2. The first-order chi connectivity index (χ1) is 14.5. The van der Waals surface area contributed by atoms with Gasteiger partial charge in [-0.1, -0.05) is 24.3 Å². The molecule has 31 heavy (non-hydrogen) atoms.